The Hall–Kier alpha value is -3.30. The molecule has 2 unspecified atom stereocenters. The Labute approximate surface area is 246 Å². The number of morpholine rings is 1. The van der Waals surface area contributed by atoms with Crippen molar-refractivity contribution in [3.63, 3.8) is 0 Å². The lowest BCUT2D eigenvalue weighted by molar-refractivity contribution is -0.182. The van der Waals surface area contributed by atoms with E-state index in [4.69, 9.17) is 32.8 Å². The molecule has 3 aliphatic rings. The summed E-state index contributed by atoms with van der Waals surface area (Å²) in [6.45, 7) is -17.6. The molecular weight excluding hydrogens is 489 g/mol. The van der Waals surface area contributed by atoms with Crippen LogP contribution < -0.4 is 10.1 Å². The summed E-state index contributed by atoms with van der Waals surface area (Å²) >= 11 is 0. The molecule has 2 atom stereocenters. The van der Waals surface area contributed by atoms with Crippen molar-refractivity contribution in [2.45, 2.75) is 77.2 Å². The van der Waals surface area contributed by atoms with Crippen molar-refractivity contribution in [2.24, 2.45) is 0 Å². The third kappa shape index (κ3) is 5.31. The molecule has 202 valence electrons. The predicted octanol–water partition coefficient (Wildman–Crippen LogP) is 3.56. The van der Waals surface area contributed by atoms with Gasteiger partial charge in [0.1, 0.15) is 24.2 Å². The second-order valence-corrected chi connectivity index (χ2v) is 9.14. The first kappa shape index (κ1) is 12.7. The molecule has 2 aromatic carbocycles. The number of ether oxygens (including phenoxy) is 2. The third-order valence-electron chi connectivity index (χ3n) is 5.44. The molecule has 3 amide bonds. The summed E-state index contributed by atoms with van der Waals surface area (Å²) in [4.78, 5) is 38.6. The minimum Gasteiger partial charge on any atom is -0.488 e. The highest BCUT2D eigenvalue weighted by atomic mass is 19.1. The van der Waals surface area contributed by atoms with Crippen LogP contribution in [0.25, 0.3) is 0 Å². The molecule has 0 spiro atoms. The summed E-state index contributed by atoms with van der Waals surface area (Å²) in [7, 11) is 0. The molecule has 8 nitrogen and oxygen atoms in total. The highest BCUT2D eigenvalue weighted by molar-refractivity contribution is 6.05. The molecule has 1 N–H and O–H groups in total. The summed E-state index contributed by atoms with van der Waals surface area (Å²) in [5, 5.41) is 1.58. The average Bonchev–Trinajstić information content (AvgIpc) is 3.19. The second kappa shape index (κ2) is 9.78. The van der Waals surface area contributed by atoms with Crippen molar-refractivity contribution in [2.75, 3.05) is 13.0 Å². The lowest BCUT2D eigenvalue weighted by Crippen LogP contribution is -2.56. The fraction of sp³-hybridized carbons (Fsp3) is 0.483. The maximum atomic E-state index is 16.6. The molecule has 0 bridgehead atoms. The van der Waals surface area contributed by atoms with Gasteiger partial charge in [-0.3, -0.25) is 24.6 Å². The van der Waals surface area contributed by atoms with Crippen LogP contribution in [0.3, 0.4) is 0 Å². The number of nitrogens with one attached hydrogen (secondary N) is 1. The first-order valence-electron chi connectivity index (χ1n) is 19.8. The van der Waals surface area contributed by atoms with E-state index in [1.165, 1.54) is 0 Å². The van der Waals surface area contributed by atoms with Crippen molar-refractivity contribution in [1.29, 1.82) is 0 Å². The van der Waals surface area contributed by atoms with Crippen molar-refractivity contribution in [3.05, 3.63) is 64.5 Å². The Morgan fingerprint density at radius 1 is 1.16 bits per heavy atom. The van der Waals surface area contributed by atoms with Crippen LogP contribution in [0.2, 0.25) is 0 Å². The van der Waals surface area contributed by atoms with Gasteiger partial charge in [-0.05, 0) is 46.1 Å². The van der Waals surface area contributed by atoms with Crippen LogP contribution in [0.4, 0.5) is 4.39 Å². The Balaban J connectivity index is 1.60. The summed E-state index contributed by atoms with van der Waals surface area (Å²) in [6, 6.07) is 2.82. The molecule has 0 saturated carbocycles. The maximum absolute atomic E-state index is 16.6. The SMILES string of the molecule is [2H]C([2H])(Oc1cccc2c1C([2H])([2H])N(C1C(=O)NC(=O)C([2H])([2H])C1([2H])[2H])C2=O)c1cccc(C([2H])([2H])N2C([2H])([2H])C(C)(C)OC(C)(C([2H])([2H])[2H])C2([2H])[2H])c1F. The minimum atomic E-state index is -3.61. The number of nitrogens with zero attached hydrogens (tertiary/aromatic N) is 2. The molecular formula is C29H34FN3O5. The minimum absolute atomic E-state index is 0.0359. The molecule has 2 aromatic rings. The van der Waals surface area contributed by atoms with E-state index < -0.39 is 121 Å². The van der Waals surface area contributed by atoms with Gasteiger partial charge in [-0.25, -0.2) is 4.39 Å². The van der Waals surface area contributed by atoms with E-state index in [2.05, 4.69) is 0 Å². The number of halogens is 1. The zero-order chi connectivity index (χ0) is 42.3. The fourth-order valence-electron chi connectivity index (χ4n) is 4.04. The molecule has 2 fully saturated rings. The van der Waals surface area contributed by atoms with E-state index >= 15 is 4.39 Å². The van der Waals surface area contributed by atoms with Crippen LogP contribution in [0.15, 0.2) is 36.4 Å². The fourth-order valence-corrected chi connectivity index (χ4v) is 4.04. The molecule has 0 radical (unpaired) electrons. The van der Waals surface area contributed by atoms with Crippen LogP contribution in [0, 0.1) is 5.82 Å². The lowest BCUT2D eigenvalue weighted by atomic mass is 9.98. The van der Waals surface area contributed by atoms with Gasteiger partial charge in [0.25, 0.3) is 5.91 Å². The van der Waals surface area contributed by atoms with Crippen LogP contribution in [0.1, 0.15) is 90.7 Å². The molecule has 2 saturated heterocycles. The van der Waals surface area contributed by atoms with Gasteiger partial charge >= 0.3 is 0 Å². The average molecular weight is 541 g/mol. The Morgan fingerprint density at radius 2 is 1.89 bits per heavy atom. The summed E-state index contributed by atoms with van der Waals surface area (Å²) < 4.78 is 172. The van der Waals surface area contributed by atoms with Crippen LogP contribution >= 0.6 is 0 Å². The number of piperidine rings is 1. The number of carbonyl (C=O) groups is 3. The van der Waals surface area contributed by atoms with Gasteiger partial charge < -0.3 is 14.4 Å². The van der Waals surface area contributed by atoms with Crippen molar-refractivity contribution < 1.29 is 51.6 Å². The highest BCUT2D eigenvalue weighted by Gasteiger charge is 2.40. The van der Waals surface area contributed by atoms with Gasteiger partial charge in [-0.1, -0.05) is 24.3 Å². The van der Waals surface area contributed by atoms with E-state index in [0.717, 1.165) is 57.2 Å². The topological polar surface area (TPSA) is 88.2 Å². The summed E-state index contributed by atoms with van der Waals surface area (Å²) in [5.74, 6) is -7.20. The number of fused-ring (bicyclic) bond motifs is 1. The number of amides is 3. The zero-order valence-electron chi connectivity index (χ0n) is 37.4. The number of hydrogen-bond acceptors (Lipinski definition) is 6. The number of carbonyl (C=O) groups excluding carboxylic acids is 3. The molecule has 3 aliphatic heterocycles. The molecule has 0 aromatic heterocycles. The smallest absolute Gasteiger partial charge is 0.255 e. The summed E-state index contributed by atoms with van der Waals surface area (Å²) in [6.07, 6.45) is -6.94. The van der Waals surface area contributed by atoms with Gasteiger partial charge in [-0.15, -0.1) is 0 Å². The number of benzene rings is 2. The highest BCUT2D eigenvalue weighted by Crippen LogP contribution is 2.34. The Kier molecular flexibility index (Phi) is 3.27. The van der Waals surface area contributed by atoms with Crippen LogP contribution in [0.5, 0.6) is 5.75 Å². The van der Waals surface area contributed by atoms with E-state index in [9.17, 15) is 14.4 Å². The van der Waals surface area contributed by atoms with Gasteiger partial charge in [-0.2, -0.15) is 0 Å². The van der Waals surface area contributed by atoms with Crippen molar-refractivity contribution >= 4 is 17.7 Å². The maximum Gasteiger partial charge on any atom is 0.255 e. The van der Waals surface area contributed by atoms with Crippen LogP contribution in [-0.2, 0) is 33.9 Å². The second-order valence-electron chi connectivity index (χ2n) is 9.14. The van der Waals surface area contributed by atoms with E-state index in [0.29, 0.717) is 0 Å². The number of hydrogen-bond donors (Lipinski definition) is 1. The molecule has 5 rings (SSSR count). The van der Waals surface area contributed by atoms with Crippen molar-refractivity contribution in [3.8, 4) is 5.75 Å². The zero-order valence-corrected chi connectivity index (χ0v) is 20.4. The monoisotopic (exact) mass is 540 g/mol. The lowest BCUT2D eigenvalue weighted by Gasteiger charge is -2.47. The standard InChI is InChI=1S/C29H34FN3O5/c1-28(2)16-32(17-29(3,4)38-28)13-18-7-5-8-19(25(18)30)15-37-23-10-6-9-20-21(23)14-33(27(20)36)22-11-12-24(34)31-26(22)35/h5-10,22H,11-17H2,1-4H3,(H,31,34,35)/i1D3,11D2,12D2,13D2,14D2,15D2,16D2,17D2. The first-order valence-corrected chi connectivity index (χ1v) is 11.3. The predicted molar refractivity (Wildman–Crippen MR) is 138 cm³/mol. The normalized spacial score (nSPS) is 39.7. The van der Waals surface area contributed by atoms with Gasteiger partial charge in [0.2, 0.25) is 11.8 Å². The Bertz CT molecular complexity index is 1990. The molecule has 9 heteroatoms. The molecule has 38 heavy (non-hydrogen) atoms. The van der Waals surface area contributed by atoms with Gasteiger partial charge in [0.15, 0.2) is 0 Å². The molecule has 0 aliphatic carbocycles. The van der Waals surface area contributed by atoms with Gasteiger partial charge in [0, 0.05) is 65.9 Å². The third-order valence-corrected chi connectivity index (χ3v) is 5.44. The van der Waals surface area contributed by atoms with Crippen LogP contribution in [-0.4, -0.2) is 57.8 Å². The van der Waals surface area contributed by atoms with E-state index in [1.54, 1.807) is 5.32 Å². The Morgan fingerprint density at radius 3 is 2.68 bits per heavy atom. The van der Waals surface area contributed by atoms with E-state index in [-0.39, 0.29) is 9.80 Å². The van der Waals surface area contributed by atoms with Crippen molar-refractivity contribution in [1.82, 2.24) is 15.1 Å². The van der Waals surface area contributed by atoms with Gasteiger partial charge in [0.05, 0.1) is 23.2 Å². The number of rotatable bonds is 6. The first-order chi connectivity index (χ1) is 24.5. The van der Waals surface area contributed by atoms with E-state index in [1.807, 2.05) is 0 Å². The quantitative estimate of drug-likeness (QED) is 0.564. The summed E-state index contributed by atoms with van der Waals surface area (Å²) in [5.41, 5.74) is -8.88. The molecule has 3 heterocycles. The number of imide groups is 1. The largest absolute Gasteiger partial charge is 0.488 e.